The minimum atomic E-state index is -0.306. The summed E-state index contributed by atoms with van der Waals surface area (Å²) in [6.07, 6.45) is 0.734. The first kappa shape index (κ1) is 14.7. The van der Waals surface area contributed by atoms with Crippen molar-refractivity contribution in [1.82, 2.24) is 10.2 Å². The van der Waals surface area contributed by atoms with Gasteiger partial charge in [0.2, 0.25) is 0 Å². The van der Waals surface area contributed by atoms with E-state index in [2.05, 4.69) is 5.32 Å². The summed E-state index contributed by atoms with van der Waals surface area (Å²) in [7, 11) is 0. The smallest absolute Gasteiger partial charge is 0.253 e. The van der Waals surface area contributed by atoms with Gasteiger partial charge < -0.3 is 19.7 Å². The molecule has 0 aromatic rings. The van der Waals surface area contributed by atoms with Gasteiger partial charge in [0, 0.05) is 32.8 Å². The molecule has 5 nitrogen and oxygen atoms in total. The second kappa shape index (κ2) is 7.16. The van der Waals surface area contributed by atoms with E-state index in [0.29, 0.717) is 19.7 Å². The van der Waals surface area contributed by atoms with E-state index in [-0.39, 0.29) is 30.5 Å². The summed E-state index contributed by atoms with van der Waals surface area (Å²) in [6, 6.07) is 0. The molecular formula is C11H21ClN2O3. The standard InChI is InChI=1S/C11H20N2O3.ClH/c1-9-8-13(4-2-5-15-9)11(14)10-7-12-3-6-16-10;/h9-10,12H,2-8H2,1H3;1H. The average Bonchev–Trinajstić information content (AvgIpc) is 2.54. The summed E-state index contributed by atoms with van der Waals surface area (Å²) in [4.78, 5) is 14.0. The molecule has 2 aliphatic rings. The van der Waals surface area contributed by atoms with Crippen molar-refractivity contribution >= 4 is 18.3 Å². The molecule has 2 rings (SSSR count). The van der Waals surface area contributed by atoms with Gasteiger partial charge in [0.15, 0.2) is 0 Å². The largest absolute Gasteiger partial charge is 0.377 e. The minimum Gasteiger partial charge on any atom is -0.377 e. The van der Waals surface area contributed by atoms with Crippen molar-refractivity contribution in [2.24, 2.45) is 0 Å². The number of ether oxygens (including phenoxy) is 2. The van der Waals surface area contributed by atoms with Crippen LogP contribution in [0.25, 0.3) is 0 Å². The van der Waals surface area contributed by atoms with Gasteiger partial charge in [-0.05, 0) is 13.3 Å². The topological polar surface area (TPSA) is 50.8 Å². The van der Waals surface area contributed by atoms with E-state index in [1.54, 1.807) is 0 Å². The Bertz CT molecular complexity index is 247. The van der Waals surface area contributed by atoms with Crippen LogP contribution in [0.3, 0.4) is 0 Å². The Hall–Kier alpha value is -0.360. The molecule has 0 saturated carbocycles. The molecule has 0 bridgehead atoms. The highest BCUT2D eigenvalue weighted by atomic mass is 35.5. The summed E-state index contributed by atoms with van der Waals surface area (Å²) in [6.45, 7) is 6.30. The molecule has 0 spiro atoms. The van der Waals surface area contributed by atoms with Crippen LogP contribution in [-0.2, 0) is 14.3 Å². The first-order valence-corrected chi connectivity index (χ1v) is 6.00. The number of halogens is 1. The quantitative estimate of drug-likeness (QED) is 0.726. The van der Waals surface area contributed by atoms with Crippen LogP contribution >= 0.6 is 12.4 Å². The lowest BCUT2D eigenvalue weighted by atomic mass is 10.2. The van der Waals surface area contributed by atoms with Gasteiger partial charge in [-0.25, -0.2) is 0 Å². The van der Waals surface area contributed by atoms with Crippen LogP contribution in [0, 0.1) is 0 Å². The molecule has 2 saturated heterocycles. The van der Waals surface area contributed by atoms with Crippen LogP contribution in [0.1, 0.15) is 13.3 Å². The molecule has 1 amide bonds. The number of nitrogens with one attached hydrogen (secondary N) is 1. The van der Waals surface area contributed by atoms with E-state index in [9.17, 15) is 4.79 Å². The maximum atomic E-state index is 12.2. The van der Waals surface area contributed by atoms with Gasteiger partial charge >= 0.3 is 0 Å². The van der Waals surface area contributed by atoms with Crippen LogP contribution in [0.4, 0.5) is 0 Å². The fourth-order valence-corrected chi connectivity index (χ4v) is 2.12. The third-order valence-electron chi connectivity index (χ3n) is 2.97. The molecule has 0 aliphatic carbocycles. The van der Waals surface area contributed by atoms with Crippen molar-refractivity contribution in [1.29, 1.82) is 0 Å². The molecular weight excluding hydrogens is 244 g/mol. The zero-order chi connectivity index (χ0) is 11.4. The minimum absolute atomic E-state index is 0. The van der Waals surface area contributed by atoms with Gasteiger partial charge in [0.25, 0.3) is 5.91 Å². The average molecular weight is 265 g/mol. The summed E-state index contributed by atoms with van der Waals surface area (Å²) in [5.41, 5.74) is 0. The normalized spacial score (nSPS) is 30.3. The van der Waals surface area contributed by atoms with E-state index < -0.39 is 0 Å². The zero-order valence-corrected chi connectivity index (χ0v) is 11.0. The van der Waals surface area contributed by atoms with Crippen molar-refractivity contribution in [3.8, 4) is 0 Å². The fraction of sp³-hybridized carbons (Fsp3) is 0.909. The monoisotopic (exact) mass is 264 g/mol. The van der Waals surface area contributed by atoms with Gasteiger partial charge in [-0.2, -0.15) is 0 Å². The molecule has 2 heterocycles. The van der Waals surface area contributed by atoms with Gasteiger partial charge in [-0.3, -0.25) is 4.79 Å². The van der Waals surface area contributed by atoms with Crippen LogP contribution < -0.4 is 5.32 Å². The molecule has 100 valence electrons. The highest BCUT2D eigenvalue weighted by molar-refractivity contribution is 5.85. The molecule has 2 fully saturated rings. The van der Waals surface area contributed by atoms with Crippen LogP contribution in [0.2, 0.25) is 0 Å². The number of nitrogens with zero attached hydrogens (tertiary/aromatic N) is 1. The SMILES string of the molecule is CC1CN(C(=O)C2CNCCO2)CCCO1.Cl. The lowest BCUT2D eigenvalue weighted by Gasteiger charge is -2.29. The van der Waals surface area contributed by atoms with E-state index in [1.807, 2.05) is 11.8 Å². The Morgan fingerprint density at radius 3 is 2.88 bits per heavy atom. The second-order valence-electron chi connectivity index (χ2n) is 4.38. The van der Waals surface area contributed by atoms with Gasteiger partial charge in [0.1, 0.15) is 6.10 Å². The van der Waals surface area contributed by atoms with Gasteiger partial charge in [-0.1, -0.05) is 0 Å². The van der Waals surface area contributed by atoms with E-state index in [4.69, 9.17) is 9.47 Å². The van der Waals surface area contributed by atoms with E-state index in [1.165, 1.54) is 0 Å². The third-order valence-corrected chi connectivity index (χ3v) is 2.97. The van der Waals surface area contributed by atoms with Crippen molar-refractivity contribution in [3.05, 3.63) is 0 Å². The summed E-state index contributed by atoms with van der Waals surface area (Å²) in [5.74, 6) is 0.101. The summed E-state index contributed by atoms with van der Waals surface area (Å²) >= 11 is 0. The third kappa shape index (κ3) is 4.10. The Morgan fingerprint density at radius 1 is 1.35 bits per heavy atom. The molecule has 2 unspecified atom stereocenters. The highest BCUT2D eigenvalue weighted by Gasteiger charge is 2.28. The Labute approximate surface area is 108 Å². The fourth-order valence-electron chi connectivity index (χ4n) is 2.12. The Balaban J connectivity index is 0.00000144. The number of hydrogen-bond acceptors (Lipinski definition) is 4. The molecule has 1 N–H and O–H groups in total. The Kier molecular flexibility index (Phi) is 6.19. The van der Waals surface area contributed by atoms with E-state index >= 15 is 0 Å². The van der Waals surface area contributed by atoms with Crippen LogP contribution in [-0.4, -0.2) is 62.4 Å². The number of carbonyl (C=O) groups is 1. The predicted octanol–water partition coefficient (Wildman–Crippen LogP) is 0.0340. The maximum Gasteiger partial charge on any atom is 0.253 e. The molecule has 0 aromatic carbocycles. The number of amides is 1. The van der Waals surface area contributed by atoms with E-state index in [0.717, 1.165) is 26.1 Å². The summed E-state index contributed by atoms with van der Waals surface area (Å²) in [5, 5.41) is 3.18. The van der Waals surface area contributed by atoms with Gasteiger partial charge in [-0.15, -0.1) is 12.4 Å². The molecule has 0 radical (unpaired) electrons. The number of morpholine rings is 1. The predicted molar refractivity (Wildman–Crippen MR) is 66.5 cm³/mol. The van der Waals surface area contributed by atoms with Crippen molar-refractivity contribution in [2.75, 3.05) is 39.4 Å². The number of carbonyl (C=O) groups excluding carboxylic acids is 1. The highest BCUT2D eigenvalue weighted by Crippen LogP contribution is 2.09. The van der Waals surface area contributed by atoms with Crippen LogP contribution in [0.15, 0.2) is 0 Å². The molecule has 17 heavy (non-hydrogen) atoms. The molecule has 6 heteroatoms. The van der Waals surface area contributed by atoms with Crippen molar-refractivity contribution < 1.29 is 14.3 Å². The van der Waals surface area contributed by atoms with Gasteiger partial charge in [0.05, 0.1) is 12.7 Å². The molecule has 2 atom stereocenters. The number of rotatable bonds is 1. The number of hydrogen-bond donors (Lipinski definition) is 1. The lowest BCUT2D eigenvalue weighted by Crippen LogP contribution is -2.50. The van der Waals surface area contributed by atoms with Crippen molar-refractivity contribution in [2.45, 2.75) is 25.6 Å². The molecule has 2 aliphatic heterocycles. The second-order valence-corrected chi connectivity index (χ2v) is 4.38. The molecule has 0 aromatic heterocycles. The first-order valence-electron chi connectivity index (χ1n) is 6.00. The maximum absolute atomic E-state index is 12.2. The summed E-state index contributed by atoms with van der Waals surface area (Å²) < 4.78 is 11.0. The first-order chi connectivity index (χ1) is 7.77. The van der Waals surface area contributed by atoms with Crippen molar-refractivity contribution in [3.63, 3.8) is 0 Å². The zero-order valence-electron chi connectivity index (χ0n) is 10.2. The van der Waals surface area contributed by atoms with Crippen LogP contribution in [0.5, 0.6) is 0 Å². The Morgan fingerprint density at radius 2 is 2.18 bits per heavy atom. The lowest BCUT2D eigenvalue weighted by molar-refractivity contribution is -0.145.